The van der Waals surface area contributed by atoms with Crippen LogP contribution in [-0.4, -0.2) is 37.6 Å². The number of carbonyl (C=O) groups excluding carboxylic acids is 2. The van der Waals surface area contributed by atoms with Crippen molar-refractivity contribution in [3.05, 3.63) is 77.1 Å². The first kappa shape index (κ1) is 17.8. The number of rotatable bonds is 5. The average molecular weight is 376 g/mol. The lowest BCUT2D eigenvalue weighted by Gasteiger charge is -2.11. The lowest BCUT2D eigenvalue weighted by molar-refractivity contribution is 0.0923. The van der Waals surface area contributed by atoms with E-state index in [1.807, 2.05) is 37.3 Å². The second kappa shape index (κ2) is 7.59. The molecule has 1 aromatic carbocycles. The zero-order valence-corrected chi connectivity index (χ0v) is 15.4. The third kappa shape index (κ3) is 3.90. The maximum Gasteiger partial charge on any atom is 0.272 e. The summed E-state index contributed by atoms with van der Waals surface area (Å²) in [4.78, 5) is 32.8. The largest absolute Gasteiger partial charge is 0.347 e. The van der Waals surface area contributed by atoms with Crippen molar-refractivity contribution in [1.82, 2.24) is 30.4 Å². The van der Waals surface area contributed by atoms with Crippen molar-refractivity contribution in [3.8, 4) is 0 Å². The van der Waals surface area contributed by atoms with Crippen LogP contribution in [0.5, 0.6) is 0 Å². The molecule has 2 N–H and O–H groups in total. The van der Waals surface area contributed by atoms with E-state index in [0.717, 1.165) is 17.0 Å². The summed E-state index contributed by atoms with van der Waals surface area (Å²) in [5, 5.41) is 10.2. The van der Waals surface area contributed by atoms with E-state index in [1.165, 1.54) is 6.20 Å². The Hall–Kier alpha value is -3.55. The molecule has 0 spiro atoms. The fraction of sp³-hybridized carbons (Fsp3) is 0.250. The van der Waals surface area contributed by atoms with Gasteiger partial charge in [0, 0.05) is 24.9 Å². The van der Waals surface area contributed by atoms with Crippen LogP contribution in [0, 0.1) is 6.92 Å². The number of aromatic nitrogens is 4. The summed E-state index contributed by atoms with van der Waals surface area (Å²) < 4.78 is 1.77. The van der Waals surface area contributed by atoms with Crippen molar-refractivity contribution in [2.45, 2.75) is 32.5 Å². The van der Waals surface area contributed by atoms with Gasteiger partial charge in [-0.3, -0.25) is 19.3 Å². The number of nitrogens with one attached hydrogen (secondary N) is 2. The van der Waals surface area contributed by atoms with Crippen LogP contribution in [0.15, 0.2) is 48.8 Å². The highest BCUT2D eigenvalue weighted by Crippen LogP contribution is 2.16. The summed E-state index contributed by atoms with van der Waals surface area (Å²) in [6, 6.07) is 11.4. The Labute approximate surface area is 162 Å². The minimum Gasteiger partial charge on any atom is -0.347 e. The molecule has 0 unspecified atom stereocenters. The van der Waals surface area contributed by atoms with Crippen LogP contribution >= 0.6 is 0 Å². The van der Waals surface area contributed by atoms with E-state index in [-0.39, 0.29) is 23.6 Å². The van der Waals surface area contributed by atoms with Crippen LogP contribution in [0.25, 0.3) is 0 Å². The van der Waals surface area contributed by atoms with Crippen molar-refractivity contribution in [2.24, 2.45) is 0 Å². The van der Waals surface area contributed by atoms with Gasteiger partial charge in [-0.25, -0.2) is 4.98 Å². The van der Waals surface area contributed by atoms with Crippen LogP contribution in [0.2, 0.25) is 0 Å². The number of nitrogens with zero attached hydrogens (tertiary/aromatic N) is 4. The molecule has 1 atom stereocenters. The highest BCUT2D eigenvalue weighted by Gasteiger charge is 2.27. The summed E-state index contributed by atoms with van der Waals surface area (Å²) in [6.45, 7) is 2.79. The maximum absolute atomic E-state index is 12.3. The van der Waals surface area contributed by atoms with Crippen molar-refractivity contribution in [1.29, 1.82) is 0 Å². The quantitative estimate of drug-likeness (QED) is 0.698. The van der Waals surface area contributed by atoms with E-state index in [1.54, 1.807) is 16.9 Å². The van der Waals surface area contributed by atoms with Gasteiger partial charge >= 0.3 is 0 Å². The van der Waals surface area contributed by atoms with Gasteiger partial charge in [0.1, 0.15) is 11.4 Å². The monoisotopic (exact) mass is 376 g/mol. The molecule has 1 aliphatic rings. The highest BCUT2D eigenvalue weighted by atomic mass is 16.2. The zero-order valence-electron chi connectivity index (χ0n) is 15.4. The van der Waals surface area contributed by atoms with Crippen LogP contribution in [0.4, 0.5) is 0 Å². The van der Waals surface area contributed by atoms with Gasteiger partial charge < -0.3 is 10.6 Å². The topological polar surface area (TPSA) is 102 Å². The van der Waals surface area contributed by atoms with Crippen molar-refractivity contribution in [2.75, 3.05) is 0 Å². The predicted octanol–water partition coefficient (Wildman–Crippen LogP) is 1.27. The molecule has 3 aromatic rings. The van der Waals surface area contributed by atoms with Gasteiger partial charge in [0.15, 0.2) is 0 Å². The summed E-state index contributed by atoms with van der Waals surface area (Å²) in [5.74, 6) is -0.467. The second-order valence-corrected chi connectivity index (χ2v) is 6.79. The van der Waals surface area contributed by atoms with E-state index in [4.69, 9.17) is 0 Å². The molecule has 0 saturated heterocycles. The lowest BCUT2D eigenvalue weighted by Crippen LogP contribution is -2.36. The zero-order chi connectivity index (χ0) is 19.5. The van der Waals surface area contributed by atoms with E-state index < -0.39 is 0 Å². The molecule has 2 amide bonds. The Morgan fingerprint density at radius 2 is 1.93 bits per heavy atom. The Bertz CT molecular complexity index is 974. The van der Waals surface area contributed by atoms with Gasteiger partial charge in [-0.1, -0.05) is 30.3 Å². The molecule has 28 heavy (non-hydrogen) atoms. The molecule has 8 heteroatoms. The molecule has 0 aliphatic carbocycles. The number of benzene rings is 1. The standard InChI is InChI=1S/C20H20N6O2/c1-13-9-22-18(11-21-13)20(28)24-15-7-16-8-17(25-26(16)12-15)19(27)23-10-14-5-3-2-4-6-14/h2-6,8-9,11,15H,7,10,12H2,1H3,(H,23,27)(H,24,28)/t15-/m0/s1. The Morgan fingerprint density at radius 1 is 1.11 bits per heavy atom. The third-order valence-corrected chi connectivity index (χ3v) is 4.59. The lowest BCUT2D eigenvalue weighted by atomic mass is 10.2. The molecular weight excluding hydrogens is 356 g/mol. The Morgan fingerprint density at radius 3 is 2.64 bits per heavy atom. The third-order valence-electron chi connectivity index (χ3n) is 4.59. The summed E-state index contributed by atoms with van der Waals surface area (Å²) in [7, 11) is 0. The molecular formula is C20H20N6O2. The molecule has 0 radical (unpaired) electrons. The van der Waals surface area contributed by atoms with Crippen molar-refractivity contribution < 1.29 is 9.59 Å². The Kier molecular flexibility index (Phi) is 4.84. The SMILES string of the molecule is Cc1cnc(C(=O)N[C@H]2Cc3cc(C(=O)NCc4ccccc4)nn3C2)cn1. The summed E-state index contributed by atoms with van der Waals surface area (Å²) in [6.07, 6.45) is 3.65. The molecule has 0 saturated carbocycles. The van der Waals surface area contributed by atoms with Crippen molar-refractivity contribution in [3.63, 3.8) is 0 Å². The molecule has 0 bridgehead atoms. The normalized spacial score (nSPS) is 15.1. The number of carbonyl (C=O) groups is 2. The maximum atomic E-state index is 12.3. The molecule has 8 nitrogen and oxygen atoms in total. The van der Waals surface area contributed by atoms with Gasteiger partial charge in [-0.05, 0) is 18.6 Å². The van der Waals surface area contributed by atoms with Gasteiger partial charge in [0.2, 0.25) is 0 Å². The smallest absolute Gasteiger partial charge is 0.272 e. The number of fused-ring (bicyclic) bond motifs is 1. The number of hydrogen-bond acceptors (Lipinski definition) is 5. The van der Waals surface area contributed by atoms with Crippen LogP contribution in [0.3, 0.4) is 0 Å². The molecule has 3 heterocycles. The van der Waals surface area contributed by atoms with Gasteiger partial charge in [0.25, 0.3) is 11.8 Å². The Balaban J connectivity index is 1.33. The average Bonchev–Trinajstić information content (AvgIpc) is 3.26. The predicted molar refractivity (Wildman–Crippen MR) is 102 cm³/mol. The fourth-order valence-corrected chi connectivity index (χ4v) is 3.15. The minimum atomic E-state index is -0.260. The fourth-order valence-electron chi connectivity index (χ4n) is 3.15. The highest BCUT2D eigenvalue weighted by molar-refractivity contribution is 5.93. The van der Waals surface area contributed by atoms with Crippen LogP contribution in [0.1, 0.15) is 37.9 Å². The van der Waals surface area contributed by atoms with Gasteiger partial charge in [-0.2, -0.15) is 5.10 Å². The second-order valence-electron chi connectivity index (χ2n) is 6.79. The van der Waals surface area contributed by atoms with Crippen LogP contribution in [-0.2, 0) is 19.5 Å². The molecule has 4 rings (SSSR count). The number of hydrogen-bond donors (Lipinski definition) is 2. The van der Waals surface area contributed by atoms with Gasteiger partial charge in [0.05, 0.1) is 24.5 Å². The first-order valence-corrected chi connectivity index (χ1v) is 9.07. The van der Waals surface area contributed by atoms with E-state index in [0.29, 0.717) is 25.2 Å². The summed E-state index contributed by atoms with van der Waals surface area (Å²) >= 11 is 0. The van der Waals surface area contributed by atoms with Crippen LogP contribution < -0.4 is 10.6 Å². The van der Waals surface area contributed by atoms with E-state index in [2.05, 4.69) is 25.7 Å². The van der Waals surface area contributed by atoms with E-state index in [9.17, 15) is 9.59 Å². The summed E-state index contributed by atoms with van der Waals surface area (Å²) in [5.41, 5.74) is 3.39. The number of aryl methyl sites for hydroxylation is 1. The van der Waals surface area contributed by atoms with Gasteiger partial charge in [-0.15, -0.1) is 0 Å². The molecule has 0 fully saturated rings. The number of amides is 2. The molecule has 2 aromatic heterocycles. The minimum absolute atomic E-state index is 0.0838. The van der Waals surface area contributed by atoms with E-state index >= 15 is 0 Å². The molecule has 1 aliphatic heterocycles. The first-order valence-electron chi connectivity index (χ1n) is 9.07. The first-order chi connectivity index (χ1) is 13.6. The molecule has 142 valence electrons. The van der Waals surface area contributed by atoms with Crippen molar-refractivity contribution >= 4 is 11.8 Å².